The van der Waals surface area contributed by atoms with Gasteiger partial charge < -0.3 is 20.5 Å². The van der Waals surface area contributed by atoms with Gasteiger partial charge in [-0.3, -0.25) is 9.78 Å². The number of anilines is 2. The van der Waals surface area contributed by atoms with Gasteiger partial charge in [0.15, 0.2) is 0 Å². The van der Waals surface area contributed by atoms with Crippen LogP contribution in [0, 0.1) is 0 Å². The maximum Gasteiger partial charge on any atom is 0.259 e. The van der Waals surface area contributed by atoms with Gasteiger partial charge in [-0.2, -0.15) is 0 Å². The van der Waals surface area contributed by atoms with Crippen LogP contribution in [0.2, 0.25) is 0 Å². The first-order valence-corrected chi connectivity index (χ1v) is 5.88. The van der Waals surface area contributed by atoms with Crippen LogP contribution in [0.25, 0.3) is 0 Å². The van der Waals surface area contributed by atoms with Crippen molar-refractivity contribution < 1.29 is 14.3 Å². The highest BCUT2D eigenvalue weighted by molar-refractivity contribution is 6.06. The van der Waals surface area contributed by atoms with Crippen LogP contribution in [0.1, 0.15) is 10.4 Å². The molecule has 1 aromatic carbocycles. The molecule has 0 aliphatic carbocycles. The van der Waals surface area contributed by atoms with E-state index in [1.54, 1.807) is 24.3 Å². The Kier molecular flexibility index (Phi) is 4.05. The Morgan fingerprint density at radius 2 is 1.95 bits per heavy atom. The van der Waals surface area contributed by atoms with Crippen molar-refractivity contribution in [3.63, 3.8) is 0 Å². The number of ether oxygens (including phenoxy) is 2. The molecule has 0 radical (unpaired) electrons. The van der Waals surface area contributed by atoms with Crippen molar-refractivity contribution in [1.29, 1.82) is 0 Å². The molecule has 104 valence electrons. The highest BCUT2D eigenvalue weighted by Gasteiger charge is 2.14. The van der Waals surface area contributed by atoms with E-state index in [0.29, 0.717) is 28.4 Å². The topological polar surface area (TPSA) is 86.5 Å². The Bertz CT molecular complexity index is 629. The monoisotopic (exact) mass is 273 g/mol. The molecule has 0 unspecified atom stereocenters. The van der Waals surface area contributed by atoms with E-state index in [2.05, 4.69) is 10.3 Å². The number of nitrogens with zero attached hydrogens (tertiary/aromatic N) is 1. The Hall–Kier alpha value is -2.76. The van der Waals surface area contributed by atoms with E-state index in [1.165, 1.54) is 26.6 Å². The lowest BCUT2D eigenvalue weighted by Gasteiger charge is -2.12. The van der Waals surface area contributed by atoms with E-state index in [1.807, 2.05) is 0 Å². The van der Waals surface area contributed by atoms with Crippen molar-refractivity contribution in [1.82, 2.24) is 4.98 Å². The fourth-order valence-corrected chi connectivity index (χ4v) is 1.73. The first kappa shape index (κ1) is 13.7. The van der Waals surface area contributed by atoms with E-state index in [9.17, 15) is 4.79 Å². The highest BCUT2D eigenvalue weighted by atomic mass is 16.5. The molecular formula is C14H15N3O3. The van der Waals surface area contributed by atoms with Gasteiger partial charge in [0.2, 0.25) is 0 Å². The van der Waals surface area contributed by atoms with Crippen LogP contribution in [0.3, 0.4) is 0 Å². The van der Waals surface area contributed by atoms with Crippen LogP contribution in [-0.2, 0) is 0 Å². The smallest absolute Gasteiger partial charge is 0.259 e. The van der Waals surface area contributed by atoms with E-state index < -0.39 is 0 Å². The molecule has 0 atom stereocenters. The molecule has 0 saturated carbocycles. The molecule has 1 heterocycles. The lowest BCUT2D eigenvalue weighted by atomic mass is 10.2. The Morgan fingerprint density at radius 3 is 2.65 bits per heavy atom. The summed E-state index contributed by atoms with van der Waals surface area (Å²) in [5.41, 5.74) is 7.15. The molecule has 3 N–H and O–H groups in total. The molecule has 2 rings (SSSR count). The van der Waals surface area contributed by atoms with Crippen molar-refractivity contribution in [2.24, 2.45) is 0 Å². The summed E-state index contributed by atoms with van der Waals surface area (Å²) in [6.45, 7) is 0. The zero-order chi connectivity index (χ0) is 14.5. The first-order valence-electron chi connectivity index (χ1n) is 5.88. The van der Waals surface area contributed by atoms with Gasteiger partial charge in [-0.15, -0.1) is 0 Å². The van der Waals surface area contributed by atoms with Crippen molar-refractivity contribution >= 4 is 17.3 Å². The quantitative estimate of drug-likeness (QED) is 0.831. The Morgan fingerprint density at radius 1 is 1.20 bits per heavy atom. The van der Waals surface area contributed by atoms with E-state index in [-0.39, 0.29) is 5.91 Å². The molecule has 1 aromatic heterocycles. The van der Waals surface area contributed by atoms with Gasteiger partial charge in [-0.25, -0.2) is 0 Å². The van der Waals surface area contributed by atoms with Gasteiger partial charge >= 0.3 is 0 Å². The molecule has 0 saturated heterocycles. The van der Waals surface area contributed by atoms with E-state index in [0.717, 1.165) is 0 Å². The molecule has 0 spiro atoms. The molecule has 6 nitrogen and oxygen atoms in total. The third-order valence-corrected chi connectivity index (χ3v) is 2.72. The number of benzene rings is 1. The standard InChI is InChI=1S/C14H15N3O3/c1-19-12-7-9(15)3-4-11(12)17-14(18)10-5-6-16-8-13(10)20-2/h3-8H,15H2,1-2H3,(H,17,18). The number of amides is 1. The lowest BCUT2D eigenvalue weighted by molar-refractivity contribution is 0.102. The fraction of sp³-hybridized carbons (Fsp3) is 0.143. The summed E-state index contributed by atoms with van der Waals surface area (Å²) in [6.07, 6.45) is 3.01. The summed E-state index contributed by atoms with van der Waals surface area (Å²) in [5, 5.41) is 2.75. The van der Waals surface area contributed by atoms with Gasteiger partial charge in [-0.1, -0.05) is 0 Å². The van der Waals surface area contributed by atoms with Gasteiger partial charge in [0, 0.05) is 18.0 Å². The summed E-state index contributed by atoms with van der Waals surface area (Å²) < 4.78 is 10.3. The van der Waals surface area contributed by atoms with Crippen LogP contribution in [0.4, 0.5) is 11.4 Å². The molecule has 0 fully saturated rings. The summed E-state index contributed by atoms with van der Waals surface area (Å²) in [7, 11) is 3.00. The number of hydrogen-bond acceptors (Lipinski definition) is 5. The van der Waals surface area contributed by atoms with Crippen LogP contribution in [-0.4, -0.2) is 25.1 Å². The normalized spacial score (nSPS) is 9.90. The van der Waals surface area contributed by atoms with Gasteiger partial charge in [0.1, 0.15) is 11.5 Å². The van der Waals surface area contributed by atoms with Crippen LogP contribution in [0.5, 0.6) is 11.5 Å². The largest absolute Gasteiger partial charge is 0.494 e. The third kappa shape index (κ3) is 2.80. The third-order valence-electron chi connectivity index (χ3n) is 2.72. The number of hydrogen-bond donors (Lipinski definition) is 2. The fourth-order valence-electron chi connectivity index (χ4n) is 1.73. The number of carbonyl (C=O) groups excluding carboxylic acids is 1. The van der Waals surface area contributed by atoms with E-state index in [4.69, 9.17) is 15.2 Å². The summed E-state index contributed by atoms with van der Waals surface area (Å²) in [5.74, 6) is 0.582. The first-order chi connectivity index (χ1) is 9.65. The molecular weight excluding hydrogens is 258 g/mol. The molecule has 0 aliphatic rings. The predicted octanol–water partition coefficient (Wildman–Crippen LogP) is 1.93. The average molecular weight is 273 g/mol. The van der Waals surface area contributed by atoms with Gasteiger partial charge in [-0.05, 0) is 18.2 Å². The second kappa shape index (κ2) is 5.92. The minimum atomic E-state index is -0.313. The number of nitrogens with two attached hydrogens (primary N) is 1. The minimum Gasteiger partial charge on any atom is -0.494 e. The molecule has 0 bridgehead atoms. The predicted molar refractivity (Wildman–Crippen MR) is 76.1 cm³/mol. The molecule has 0 aliphatic heterocycles. The van der Waals surface area contributed by atoms with Gasteiger partial charge in [0.05, 0.1) is 31.7 Å². The van der Waals surface area contributed by atoms with Crippen molar-refractivity contribution in [2.75, 3.05) is 25.3 Å². The SMILES string of the molecule is COc1cc(N)ccc1NC(=O)c1ccncc1OC. The summed E-state index contributed by atoms with van der Waals surface area (Å²) in [4.78, 5) is 16.1. The molecule has 6 heteroatoms. The van der Waals surface area contributed by atoms with Crippen molar-refractivity contribution in [3.05, 3.63) is 42.2 Å². The second-order valence-corrected chi connectivity index (χ2v) is 3.99. The number of carbonyl (C=O) groups is 1. The van der Waals surface area contributed by atoms with Crippen molar-refractivity contribution in [3.8, 4) is 11.5 Å². The number of pyridine rings is 1. The van der Waals surface area contributed by atoms with Crippen LogP contribution < -0.4 is 20.5 Å². The minimum absolute atomic E-state index is 0.313. The number of rotatable bonds is 4. The summed E-state index contributed by atoms with van der Waals surface area (Å²) in [6, 6.07) is 6.58. The number of nitrogen functional groups attached to an aromatic ring is 1. The maximum atomic E-state index is 12.2. The maximum absolute atomic E-state index is 12.2. The number of aromatic nitrogens is 1. The highest BCUT2D eigenvalue weighted by Crippen LogP contribution is 2.27. The number of nitrogens with one attached hydrogen (secondary N) is 1. The molecule has 1 amide bonds. The lowest BCUT2D eigenvalue weighted by Crippen LogP contribution is -2.14. The Labute approximate surface area is 116 Å². The second-order valence-electron chi connectivity index (χ2n) is 3.99. The zero-order valence-electron chi connectivity index (χ0n) is 11.2. The van der Waals surface area contributed by atoms with Crippen molar-refractivity contribution in [2.45, 2.75) is 0 Å². The molecule has 2 aromatic rings. The Balaban J connectivity index is 2.28. The zero-order valence-corrected chi connectivity index (χ0v) is 11.2. The van der Waals surface area contributed by atoms with Gasteiger partial charge in [0.25, 0.3) is 5.91 Å². The van der Waals surface area contributed by atoms with Crippen LogP contribution in [0.15, 0.2) is 36.7 Å². The van der Waals surface area contributed by atoms with E-state index >= 15 is 0 Å². The number of methoxy groups -OCH3 is 2. The molecule has 20 heavy (non-hydrogen) atoms. The average Bonchev–Trinajstić information content (AvgIpc) is 2.48. The van der Waals surface area contributed by atoms with Crippen LogP contribution >= 0.6 is 0 Å². The summed E-state index contributed by atoms with van der Waals surface area (Å²) >= 11 is 0.